The maximum atomic E-state index is 12.2. The van der Waals surface area contributed by atoms with Gasteiger partial charge in [-0.15, -0.1) is 24.0 Å². The third-order valence-corrected chi connectivity index (χ3v) is 5.40. The highest BCUT2D eigenvalue weighted by atomic mass is 127. The van der Waals surface area contributed by atoms with Gasteiger partial charge in [-0.2, -0.15) is 0 Å². The van der Waals surface area contributed by atoms with Crippen LogP contribution in [0.4, 0.5) is 0 Å². The van der Waals surface area contributed by atoms with Crippen LogP contribution >= 0.6 is 47.2 Å². The van der Waals surface area contributed by atoms with E-state index in [9.17, 15) is 4.79 Å². The number of rotatable bonds is 8. The van der Waals surface area contributed by atoms with Crippen LogP contribution < -0.4 is 16.0 Å². The number of nitrogens with one attached hydrogen (secondary N) is 3. The standard InChI is InChI=1S/C20H31Cl2N5O.HI/c1-3-11-27-12-7-16(8-13-27)26-20(23-4-2)25-10-9-24-19(28)15-5-6-17(21)18(22)14-15;/h5-6,14,16H,3-4,7-13H2,1-2H3,(H,24,28)(H2,23,25,26);1H. The summed E-state index contributed by atoms with van der Waals surface area (Å²) in [6.45, 7) is 9.46. The smallest absolute Gasteiger partial charge is 0.251 e. The number of aliphatic imine (C=N–C) groups is 1. The molecule has 29 heavy (non-hydrogen) atoms. The van der Waals surface area contributed by atoms with Crippen LogP contribution in [0.2, 0.25) is 10.0 Å². The number of halogens is 3. The second-order valence-corrected chi connectivity index (χ2v) is 7.72. The van der Waals surface area contributed by atoms with Crippen molar-refractivity contribution in [1.29, 1.82) is 0 Å². The predicted octanol–water partition coefficient (Wildman–Crippen LogP) is 3.77. The Morgan fingerprint density at radius 1 is 1.17 bits per heavy atom. The maximum Gasteiger partial charge on any atom is 0.251 e. The van der Waals surface area contributed by atoms with Gasteiger partial charge in [0.05, 0.1) is 16.6 Å². The van der Waals surface area contributed by atoms with Crippen LogP contribution in [0.25, 0.3) is 0 Å². The number of carbonyl (C=O) groups is 1. The molecule has 0 aromatic heterocycles. The van der Waals surface area contributed by atoms with E-state index in [-0.39, 0.29) is 29.9 Å². The summed E-state index contributed by atoms with van der Waals surface area (Å²) < 4.78 is 0. The van der Waals surface area contributed by atoms with Crippen molar-refractivity contribution >= 4 is 59.0 Å². The van der Waals surface area contributed by atoms with Gasteiger partial charge in [-0.1, -0.05) is 30.1 Å². The summed E-state index contributed by atoms with van der Waals surface area (Å²) in [6.07, 6.45) is 3.45. The lowest BCUT2D eigenvalue weighted by Crippen LogP contribution is -2.49. The molecule has 1 aliphatic rings. The summed E-state index contributed by atoms with van der Waals surface area (Å²) in [5.41, 5.74) is 0.488. The van der Waals surface area contributed by atoms with E-state index in [2.05, 4.69) is 32.8 Å². The molecule has 9 heteroatoms. The summed E-state index contributed by atoms with van der Waals surface area (Å²) in [5, 5.41) is 10.5. The van der Waals surface area contributed by atoms with Crippen LogP contribution in [-0.2, 0) is 0 Å². The van der Waals surface area contributed by atoms with Crippen molar-refractivity contribution in [2.45, 2.75) is 39.2 Å². The number of carbonyl (C=O) groups excluding carboxylic acids is 1. The molecule has 0 bridgehead atoms. The van der Waals surface area contributed by atoms with E-state index < -0.39 is 0 Å². The van der Waals surface area contributed by atoms with Gasteiger partial charge in [-0.3, -0.25) is 9.79 Å². The fourth-order valence-electron chi connectivity index (χ4n) is 3.21. The number of benzene rings is 1. The third kappa shape index (κ3) is 9.27. The Labute approximate surface area is 201 Å². The molecule has 3 N–H and O–H groups in total. The monoisotopic (exact) mass is 555 g/mol. The summed E-state index contributed by atoms with van der Waals surface area (Å²) in [7, 11) is 0. The summed E-state index contributed by atoms with van der Waals surface area (Å²) in [5.74, 6) is 0.621. The number of amides is 1. The molecule has 1 amide bonds. The van der Waals surface area contributed by atoms with E-state index >= 15 is 0 Å². The van der Waals surface area contributed by atoms with Gasteiger partial charge in [0.1, 0.15) is 0 Å². The Hall–Kier alpha value is -0.770. The van der Waals surface area contributed by atoms with Gasteiger partial charge in [0.2, 0.25) is 0 Å². The van der Waals surface area contributed by atoms with Gasteiger partial charge in [-0.05, 0) is 50.9 Å². The minimum Gasteiger partial charge on any atom is -0.357 e. The molecule has 6 nitrogen and oxygen atoms in total. The van der Waals surface area contributed by atoms with Crippen LogP contribution in [0, 0.1) is 0 Å². The fourth-order valence-corrected chi connectivity index (χ4v) is 3.51. The number of likely N-dealkylation sites (tertiary alicyclic amines) is 1. The number of hydrogen-bond acceptors (Lipinski definition) is 3. The first kappa shape index (κ1) is 26.3. The summed E-state index contributed by atoms with van der Waals surface area (Å²) >= 11 is 11.8. The molecule has 0 radical (unpaired) electrons. The van der Waals surface area contributed by atoms with Crippen molar-refractivity contribution in [1.82, 2.24) is 20.9 Å². The molecule has 1 aromatic rings. The molecule has 2 rings (SSSR count). The van der Waals surface area contributed by atoms with E-state index in [1.54, 1.807) is 18.2 Å². The van der Waals surface area contributed by atoms with Crippen LogP contribution in [0.15, 0.2) is 23.2 Å². The van der Waals surface area contributed by atoms with E-state index in [1.165, 1.54) is 13.0 Å². The molecule has 0 atom stereocenters. The summed E-state index contributed by atoms with van der Waals surface area (Å²) in [6, 6.07) is 5.29. The van der Waals surface area contributed by atoms with Crippen molar-refractivity contribution in [3.63, 3.8) is 0 Å². The Morgan fingerprint density at radius 2 is 1.90 bits per heavy atom. The van der Waals surface area contributed by atoms with Crippen molar-refractivity contribution in [2.24, 2.45) is 4.99 Å². The normalized spacial score (nSPS) is 15.5. The summed E-state index contributed by atoms with van der Waals surface area (Å²) in [4.78, 5) is 19.3. The number of hydrogen-bond donors (Lipinski definition) is 3. The van der Waals surface area contributed by atoms with Crippen molar-refractivity contribution in [2.75, 3.05) is 39.3 Å². The van der Waals surface area contributed by atoms with Crippen LogP contribution in [0.5, 0.6) is 0 Å². The first-order chi connectivity index (χ1) is 13.5. The average molecular weight is 556 g/mol. The maximum absolute atomic E-state index is 12.2. The van der Waals surface area contributed by atoms with Gasteiger partial charge in [0.15, 0.2) is 5.96 Å². The Bertz CT molecular complexity index is 666. The van der Waals surface area contributed by atoms with Crippen LogP contribution in [-0.4, -0.2) is 62.1 Å². The highest BCUT2D eigenvalue weighted by Crippen LogP contribution is 2.22. The zero-order chi connectivity index (χ0) is 20.4. The van der Waals surface area contributed by atoms with E-state index in [0.717, 1.165) is 38.4 Å². The molecular weight excluding hydrogens is 524 g/mol. The Kier molecular flexibility index (Phi) is 12.9. The average Bonchev–Trinajstić information content (AvgIpc) is 2.69. The van der Waals surface area contributed by atoms with E-state index in [4.69, 9.17) is 23.2 Å². The Morgan fingerprint density at radius 3 is 2.52 bits per heavy atom. The van der Waals surface area contributed by atoms with Crippen LogP contribution in [0.1, 0.15) is 43.5 Å². The van der Waals surface area contributed by atoms with Crippen molar-refractivity contribution < 1.29 is 4.79 Å². The highest BCUT2D eigenvalue weighted by Gasteiger charge is 2.19. The molecule has 1 aromatic carbocycles. The Balaban J connectivity index is 0.00000420. The van der Waals surface area contributed by atoms with Gasteiger partial charge in [0, 0.05) is 37.8 Å². The molecule has 1 saturated heterocycles. The zero-order valence-corrected chi connectivity index (χ0v) is 21.0. The molecule has 1 aliphatic heterocycles. The molecule has 0 saturated carbocycles. The second kappa shape index (κ2) is 14.3. The van der Waals surface area contributed by atoms with Crippen LogP contribution in [0.3, 0.4) is 0 Å². The number of piperidine rings is 1. The lowest BCUT2D eigenvalue weighted by molar-refractivity contribution is 0.0955. The van der Waals surface area contributed by atoms with Gasteiger partial charge < -0.3 is 20.9 Å². The number of guanidine groups is 1. The lowest BCUT2D eigenvalue weighted by atomic mass is 10.1. The second-order valence-electron chi connectivity index (χ2n) is 6.91. The van der Waals surface area contributed by atoms with Gasteiger partial charge >= 0.3 is 0 Å². The molecule has 0 unspecified atom stereocenters. The molecule has 0 spiro atoms. The van der Waals surface area contributed by atoms with E-state index in [1.807, 2.05) is 6.92 Å². The van der Waals surface area contributed by atoms with Gasteiger partial charge in [0.25, 0.3) is 5.91 Å². The molecule has 164 valence electrons. The SMILES string of the molecule is CCCN1CCC(NC(=NCCNC(=O)c2ccc(Cl)c(Cl)c2)NCC)CC1.I. The lowest BCUT2D eigenvalue weighted by Gasteiger charge is -2.32. The molecule has 0 aliphatic carbocycles. The fraction of sp³-hybridized carbons (Fsp3) is 0.600. The molecule has 1 fully saturated rings. The van der Waals surface area contributed by atoms with Gasteiger partial charge in [-0.25, -0.2) is 0 Å². The van der Waals surface area contributed by atoms with Crippen molar-refractivity contribution in [3.8, 4) is 0 Å². The minimum absolute atomic E-state index is 0. The highest BCUT2D eigenvalue weighted by molar-refractivity contribution is 14.0. The largest absolute Gasteiger partial charge is 0.357 e. The molecular formula is C20H32Cl2IN5O. The predicted molar refractivity (Wildman–Crippen MR) is 133 cm³/mol. The topological polar surface area (TPSA) is 68.8 Å². The quantitative estimate of drug-likeness (QED) is 0.198. The minimum atomic E-state index is -0.185. The van der Waals surface area contributed by atoms with Crippen molar-refractivity contribution in [3.05, 3.63) is 33.8 Å². The first-order valence-corrected chi connectivity index (χ1v) is 10.8. The third-order valence-electron chi connectivity index (χ3n) is 4.66. The first-order valence-electron chi connectivity index (χ1n) is 10.0. The van der Waals surface area contributed by atoms with E-state index in [0.29, 0.717) is 34.7 Å². The zero-order valence-electron chi connectivity index (χ0n) is 17.1. The number of nitrogens with zero attached hydrogens (tertiary/aromatic N) is 2. The molecule has 1 heterocycles.